The Morgan fingerprint density at radius 1 is 1.25 bits per heavy atom. The van der Waals surface area contributed by atoms with Gasteiger partial charge in [0.15, 0.2) is 0 Å². The van der Waals surface area contributed by atoms with Crippen LogP contribution in [-0.2, 0) is 0 Å². The van der Waals surface area contributed by atoms with Crippen LogP contribution in [0, 0.1) is 28.6 Å². The quantitative estimate of drug-likeness (QED) is 0.672. The van der Waals surface area contributed by atoms with Gasteiger partial charge in [0.25, 0.3) is 11.1 Å². The molecule has 0 saturated carbocycles. The molecular formula is C16H16N4O3S. The Morgan fingerprint density at radius 3 is 2.75 bits per heavy atom. The number of hydrogen-bond acceptors (Lipinski definition) is 8. The lowest BCUT2D eigenvalue weighted by atomic mass is 10.1. The summed E-state index contributed by atoms with van der Waals surface area (Å²) in [5, 5.41) is 26.0. The molecule has 0 N–H and O–H groups in total. The summed E-state index contributed by atoms with van der Waals surface area (Å²) in [6.07, 6.45) is 0.893. The largest absolute Gasteiger partial charge is 0.497 e. The van der Waals surface area contributed by atoms with Gasteiger partial charge in [0, 0.05) is 18.2 Å². The number of methoxy groups -OCH3 is 2. The first-order valence-electron chi connectivity index (χ1n) is 7.17. The van der Waals surface area contributed by atoms with Crippen LogP contribution in [0.15, 0.2) is 27.8 Å². The van der Waals surface area contributed by atoms with Gasteiger partial charge < -0.3 is 13.9 Å². The first kappa shape index (κ1) is 17.6. The number of nitrogens with zero attached hydrogens (tertiary/aromatic N) is 4. The van der Waals surface area contributed by atoms with E-state index in [1.165, 1.54) is 11.8 Å². The van der Waals surface area contributed by atoms with Gasteiger partial charge in [0.1, 0.15) is 11.5 Å². The molecule has 1 aromatic carbocycles. The van der Waals surface area contributed by atoms with E-state index in [1.54, 1.807) is 32.4 Å². The minimum Gasteiger partial charge on any atom is -0.497 e. The monoisotopic (exact) mass is 344 g/mol. The Morgan fingerprint density at radius 2 is 2.08 bits per heavy atom. The molecule has 0 spiro atoms. The van der Waals surface area contributed by atoms with Gasteiger partial charge in [-0.25, -0.2) is 0 Å². The Kier molecular flexibility index (Phi) is 6.47. The molecule has 0 unspecified atom stereocenters. The van der Waals surface area contributed by atoms with Crippen LogP contribution in [0.3, 0.4) is 0 Å². The van der Waals surface area contributed by atoms with Crippen molar-refractivity contribution in [1.82, 2.24) is 10.2 Å². The van der Waals surface area contributed by atoms with E-state index in [2.05, 4.69) is 16.3 Å². The summed E-state index contributed by atoms with van der Waals surface area (Å²) in [5.74, 6) is 1.85. The number of rotatable bonds is 8. The Bertz CT molecular complexity index is 763. The van der Waals surface area contributed by atoms with Gasteiger partial charge in [0.05, 0.1) is 37.8 Å². The summed E-state index contributed by atoms with van der Waals surface area (Å²) >= 11 is 1.30. The van der Waals surface area contributed by atoms with E-state index >= 15 is 0 Å². The molecule has 0 radical (unpaired) electrons. The maximum Gasteiger partial charge on any atom is 0.276 e. The molecule has 1 atom stereocenters. The molecule has 1 aromatic heterocycles. The fourth-order valence-electron chi connectivity index (χ4n) is 1.95. The average molecular weight is 344 g/mol. The Balaban J connectivity index is 2.08. The van der Waals surface area contributed by atoms with Crippen LogP contribution in [0.25, 0.3) is 11.5 Å². The molecule has 0 fully saturated rings. The predicted molar refractivity (Wildman–Crippen MR) is 87.5 cm³/mol. The summed E-state index contributed by atoms with van der Waals surface area (Å²) in [7, 11) is 3.13. The average Bonchev–Trinajstić information content (AvgIpc) is 3.10. The highest BCUT2D eigenvalue weighted by molar-refractivity contribution is 7.99. The van der Waals surface area contributed by atoms with Crippen LogP contribution in [0.1, 0.15) is 12.8 Å². The zero-order valence-electron chi connectivity index (χ0n) is 13.4. The lowest BCUT2D eigenvalue weighted by Gasteiger charge is -2.07. The third-order valence-electron chi connectivity index (χ3n) is 3.24. The summed E-state index contributed by atoms with van der Waals surface area (Å²) < 4.78 is 16.1. The molecule has 0 amide bonds. The van der Waals surface area contributed by atoms with Gasteiger partial charge in [0.2, 0.25) is 0 Å². The zero-order valence-corrected chi connectivity index (χ0v) is 14.2. The third kappa shape index (κ3) is 4.40. The van der Waals surface area contributed by atoms with E-state index < -0.39 is 0 Å². The number of aromatic nitrogens is 2. The van der Waals surface area contributed by atoms with Crippen molar-refractivity contribution in [1.29, 1.82) is 10.5 Å². The molecule has 124 valence electrons. The molecule has 1 heterocycles. The second-order valence-corrected chi connectivity index (χ2v) is 5.74. The van der Waals surface area contributed by atoms with E-state index in [9.17, 15) is 0 Å². The van der Waals surface area contributed by atoms with Gasteiger partial charge in [-0.15, -0.1) is 10.2 Å². The van der Waals surface area contributed by atoms with Gasteiger partial charge in [-0.1, -0.05) is 11.8 Å². The van der Waals surface area contributed by atoms with Crippen LogP contribution >= 0.6 is 11.8 Å². The number of hydrogen-bond donors (Lipinski definition) is 0. The summed E-state index contributed by atoms with van der Waals surface area (Å²) in [4.78, 5) is 0. The SMILES string of the molecule is COc1ccc(-c2nnc(SC[C@H](C#N)CCC#N)o2)c(OC)c1. The molecule has 0 bridgehead atoms. The maximum absolute atomic E-state index is 9.06. The summed E-state index contributed by atoms with van der Waals surface area (Å²) in [6, 6.07) is 9.52. The zero-order chi connectivity index (χ0) is 17.4. The van der Waals surface area contributed by atoms with E-state index in [-0.39, 0.29) is 5.92 Å². The summed E-state index contributed by atoms with van der Waals surface area (Å²) in [5.41, 5.74) is 0.666. The number of thioether (sulfide) groups is 1. The van der Waals surface area contributed by atoms with E-state index in [4.69, 9.17) is 24.4 Å². The second kappa shape index (κ2) is 8.80. The minimum atomic E-state index is -0.222. The minimum absolute atomic E-state index is 0.222. The van der Waals surface area contributed by atoms with Crippen molar-refractivity contribution in [3.8, 4) is 35.1 Å². The number of ether oxygens (including phenoxy) is 2. The van der Waals surface area contributed by atoms with Crippen molar-refractivity contribution < 1.29 is 13.9 Å². The van der Waals surface area contributed by atoms with Gasteiger partial charge in [-0.05, 0) is 18.6 Å². The normalized spacial score (nSPS) is 11.3. The van der Waals surface area contributed by atoms with E-state index in [1.807, 2.05) is 6.07 Å². The molecule has 0 aliphatic rings. The van der Waals surface area contributed by atoms with Gasteiger partial charge in [-0.3, -0.25) is 0 Å². The fraction of sp³-hybridized carbons (Fsp3) is 0.375. The highest BCUT2D eigenvalue weighted by atomic mass is 32.2. The molecule has 7 nitrogen and oxygen atoms in total. The lowest BCUT2D eigenvalue weighted by Crippen LogP contribution is -2.00. The predicted octanol–water partition coefficient (Wildman–Crippen LogP) is 3.29. The number of benzene rings is 1. The first-order chi connectivity index (χ1) is 11.7. The number of nitriles is 2. The molecule has 8 heteroatoms. The van der Waals surface area contributed by atoms with Crippen molar-refractivity contribution in [2.75, 3.05) is 20.0 Å². The molecule has 0 aliphatic carbocycles. The molecular weight excluding hydrogens is 328 g/mol. The molecule has 2 aromatic rings. The first-order valence-corrected chi connectivity index (χ1v) is 8.15. The third-order valence-corrected chi connectivity index (χ3v) is 4.22. The van der Waals surface area contributed by atoms with Crippen molar-refractivity contribution in [2.45, 2.75) is 18.1 Å². The van der Waals surface area contributed by atoms with Gasteiger partial charge in [-0.2, -0.15) is 10.5 Å². The lowest BCUT2D eigenvalue weighted by molar-refractivity contribution is 0.393. The smallest absolute Gasteiger partial charge is 0.276 e. The van der Waals surface area contributed by atoms with E-state index in [0.29, 0.717) is 46.8 Å². The molecule has 0 aliphatic heterocycles. The van der Waals surface area contributed by atoms with Crippen molar-refractivity contribution >= 4 is 11.8 Å². The Labute approximate surface area is 144 Å². The maximum atomic E-state index is 9.06. The van der Waals surface area contributed by atoms with Gasteiger partial charge >= 0.3 is 0 Å². The molecule has 0 saturated heterocycles. The highest BCUT2D eigenvalue weighted by Gasteiger charge is 2.16. The van der Waals surface area contributed by atoms with Crippen LogP contribution in [0.5, 0.6) is 11.5 Å². The standard InChI is InChI=1S/C16H16N4O3S/c1-21-12-5-6-13(14(8-12)22-2)15-19-20-16(23-15)24-10-11(9-18)4-3-7-17/h5-6,8,11H,3-4,10H2,1-2H3/t11-/m0/s1. The van der Waals surface area contributed by atoms with Crippen LogP contribution in [0.4, 0.5) is 0 Å². The van der Waals surface area contributed by atoms with Crippen molar-refractivity contribution in [3.63, 3.8) is 0 Å². The molecule has 24 heavy (non-hydrogen) atoms. The van der Waals surface area contributed by atoms with Crippen LogP contribution in [0.2, 0.25) is 0 Å². The topological polar surface area (TPSA) is 105 Å². The Hall–Kier alpha value is -2.71. The van der Waals surface area contributed by atoms with Crippen LogP contribution < -0.4 is 9.47 Å². The summed E-state index contributed by atoms with van der Waals surface area (Å²) in [6.45, 7) is 0. The van der Waals surface area contributed by atoms with Crippen LogP contribution in [-0.4, -0.2) is 30.2 Å². The van der Waals surface area contributed by atoms with Crippen molar-refractivity contribution in [3.05, 3.63) is 18.2 Å². The second-order valence-electron chi connectivity index (χ2n) is 4.77. The van der Waals surface area contributed by atoms with E-state index in [0.717, 1.165) is 0 Å². The highest BCUT2D eigenvalue weighted by Crippen LogP contribution is 2.34. The molecule has 2 rings (SSSR count). The fourth-order valence-corrected chi connectivity index (χ4v) is 2.77. The van der Waals surface area contributed by atoms with Crippen molar-refractivity contribution in [2.24, 2.45) is 5.92 Å².